The van der Waals surface area contributed by atoms with Crippen LogP contribution in [0, 0.1) is 0 Å². The number of carbonyl (C=O) groups is 1. The minimum atomic E-state index is 0.0167. The summed E-state index contributed by atoms with van der Waals surface area (Å²) in [6.45, 7) is 2.46. The summed E-state index contributed by atoms with van der Waals surface area (Å²) in [5.41, 5.74) is 1.55. The van der Waals surface area contributed by atoms with Crippen LogP contribution in [0.4, 0.5) is 11.5 Å². The van der Waals surface area contributed by atoms with Crippen molar-refractivity contribution in [1.29, 1.82) is 0 Å². The number of nitrogens with zero attached hydrogens (tertiary/aromatic N) is 2. The highest BCUT2D eigenvalue weighted by Gasteiger charge is 2.18. The molecule has 0 unspecified atom stereocenters. The summed E-state index contributed by atoms with van der Waals surface area (Å²) in [5, 5.41) is 3.21. The summed E-state index contributed by atoms with van der Waals surface area (Å²) in [5.74, 6) is 0.667. The number of hydrogen-bond acceptors (Lipinski definition) is 4. The Balaban J connectivity index is 1.75. The van der Waals surface area contributed by atoms with Gasteiger partial charge in [0.15, 0.2) is 0 Å². The van der Waals surface area contributed by atoms with Crippen molar-refractivity contribution >= 4 is 33.3 Å². The molecule has 0 aliphatic carbocycles. The summed E-state index contributed by atoms with van der Waals surface area (Å²) >= 11 is 3.43. The lowest BCUT2D eigenvalue weighted by atomic mass is 10.2. The fourth-order valence-electron chi connectivity index (χ4n) is 2.30. The Morgan fingerprint density at radius 3 is 2.82 bits per heavy atom. The molecule has 1 saturated heterocycles. The van der Waals surface area contributed by atoms with E-state index in [0.29, 0.717) is 37.7 Å². The van der Waals surface area contributed by atoms with Gasteiger partial charge in [0, 0.05) is 35.0 Å². The zero-order chi connectivity index (χ0) is 15.4. The lowest BCUT2D eigenvalue weighted by Crippen LogP contribution is -2.40. The fraction of sp³-hybridized carbons (Fsp3) is 0.250. The summed E-state index contributed by atoms with van der Waals surface area (Å²) in [7, 11) is 0. The maximum absolute atomic E-state index is 12.5. The first-order valence-corrected chi connectivity index (χ1v) is 7.87. The van der Waals surface area contributed by atoms with Crippen molar-refractivity contribution in [3.63, 3.8) is 0 Å². The van der Waals surface area contributed by atoms with E-state index < -0.39 is 0 Å². The largest absolute Gasteiger partial charge is 0.378 e. The number of benzene rings is 1. The minimum Gasteiger partial charge on any atom is -0.378 e. The Labute approximate surface area is 137 Å². The summed E-state index contributed by atoms with van der Waals surface area (Å²) in [6.07, 6.45) is 1.65. The number of ether oxygens (including phenoxy) is 1. The molecule has 0 spiro atoms. The molecule has 0 saturated carbocycles. The second-order valence-electron chi connectivity index (χ2n) is 4.97. The van der Waals surface area contributed by atoms with Crippen molar-refractivity contribution in [2.24, 2.45) is 0 Å². The Kier molecular flexibility index (Phi) is 4.70. The molecule has 1 aromatic heterocycles. The molecule has 2 aromatic rings. The maximum Gasteiger partial charge on any atom is 0.254 e. The lowest BCUT2D eigenvalue weighted by Gasteiger charge is -2.26. The molecule has 2 heterocycles. The number of nitrogens with one attached hydrogen (secondary N) is 1. The Bertz CT molecular complexity index is 672. The SMILES string of the molecule is O=C(c1ccnc(Nc2cccc(Br)c2)c1)N1CCOCC1. The predicted molar refractivity (Wildman–Crippen MR) is 88.4 cm³/mol. The molecular weight excluding hydrogens is 346 g/mol. The van der Waals surface area contributed by atoms with Crippen LogP contribution < -0.4 is 5.32 Å². The number of carbonyl (C=O) groups excluding carboxylic acids is 1. The molecule has 0 bridgehead atoms. The number of rotatable bonds is 3. The summed E-state index contributed by atoms with van der Waals surface area (Å²) < 4.78 is 6.26. The van der Waals surface area contributed by atoms with E-state index in [0.717, 1.165) is 10.2 Å². The van der Waals surface area contributed by atoms with Crippen molar-refractivity contribution in [2.75, 3.05) is 31.6 Å². The van der Waals surface area contributed by atoms with Crippen LogP contribution in [-0.4, -0.2) is 42.1 Å². The van der Waals surface area contributed by atoms with Crippen LogP contribution in [0.25, 0.3) is 0 Å². The molecule has 1 fully saturated rings. The van der Waals surface area contributed by atoms with Gasteiger partial charge in [-0.2, -0.15) is 0 Å². The van der Waals surface area contributed by atoms with Gasteiger partial charge in [-0.3, -0.25) is 4.79 Å². The quantitative estimate of drug-likeness (QED) is 0.912. The maximum atomic E-state index is 12.5. The number of morpholine rings is 1. The van der Waals surface area contributed by atoms with Gasteiger partial charge in [0.1, 0.15) is 5.82 Å². The molecule has 1 N–H and O–H groups in total. The number of aromatic nitrogens is 1. The van der Waals surface area contributed by atoms with Crippen LogP contribution in [0.5, 0.6) is 0 Å². The predicted octanol–water partition coefficient (Wildman–Crippen LogP) is 3.06. The Hall–Kier alpha value is -1.92. The van der Waals surface area contributed by atoms with Crippen LogP contribution in [0.3, 0.4) is 0 Å². The second kappa shape index (κ2) is 6.89. The van der Waals surface area contributed by atoms with Crippen LogP contribution >= 0.6 is 15.9 Å². The number of hydrogen-bond donors (Lipinski definition) is 1. The van der Waals surface area contributed by atoms with E-state index >= 15 is 0 Å². The van der Waals surface area contributed by atoms with E-state index in [2.05, 4.69) is 26.2 Å². The van der Waals surface area contributed by atoms with Crippen molar-refractivity contribution < 1.29 is 9.53 Å². The highest BCUT2D eigenvalue weighted by atomic mass is 79.9. The zero-order valence-electron chi connectivity index (χ0n) is 12.0. The molecular formula is C16H16BrN3O2. The minimum absolute atomic E-state index is 0.0167. The molecule has 114 valence electrons. The normalized spacial score (nSPS) is 14.7. The van der Waals surface area contributed by atoms with Crippen LogP contribution in [-0.2, 0) is 4.74 Å². The second-order valence-corrected chi connectivity index (χ2v) is 5.89. The van der Waals surface area contributed by atoms with E-state index in [1.54, 1.807) is 18.3 Å². The van der Waals surface area contributed by atoms with Crippen LogP contribution in [0.15, 0.2) is 47.1 Å². The average molecular weight is 362 g/mol. The van der Waals surface area contributed by atoms with Gasteiger partial charge >= 0.3 is 0 Å². The first-order valence-electron chi connectivity index (χ1n) is 7.08. The van der Waals surface area contributed by atoms with E-state index in [4.69, 9.17) is 4.74 Å². The topological polar surface area (TPSA) is 54.5 Å². The standard InChI is InChI=1S/C16H16BrN3O2/c17-13-2-1-3-14(11-13)19-15-10-12(4-5-18-15)16(21)20-6-8-22-9-7-20/h1-5,10-11H,6-9H2,(H,18,19). The third-order valence-corrected chi connectivity index (χ3v) is 3.90. The van der Waals surface area contributed by atoms with E-state index in [9.17, 15) is 4.79 Å². The average Bonchev–Trinajstić information content (AvgIpc) is 2.55. The van der Waals surface area contributed by atoms with Gasteiger partial charge in [-0.15, -0.1) is 0 Å². The van der Waals surface area contributed by atoms with Crippen molar-refractivity contribution in [1.82, 2.24) is 9.88 Å². The zero-order valence-corrected chi connectivity index (χ0v) is 13.5. The first kappa shape index (κ1) is 15.0. The number of amides is 1. The highest BCUT2D eigenvalue weighted by Crippen LogP contribution is 2.20. The van der Waals surface area contributed by atoms with Gasteiger partial charge < -0.3 is 15.0 Å². The van der Waals surface area contributed by atoms with E-state index in [-0.39, 0.29) is 5.91 Å². The molecule has 1 aromatic carbocycles. The van der Waals surface area contributed by atoms with Crippen LogP contribution in [0.2, 0.25) is 0 Å². The van der Waals surface area contributed by atoms with Gasteiger partial charge in [-0.05, 0) is 30.3 Å². The van der Waals surface area contributed by atoms with Gasteiger partial charge in [-0.1, -0.05) is 22.0 Å². The third kappa shape index (κ3) is 3.64. The number of halogens is 1. The monoisotopic (exact) mass is 361 g/mol. The van der Waals surface area contributed by atoms with Crippen molar-refractivity contribution in [3.05, 3.63) is 52.6 Å². The Morgan fingerprint density at radius 1 is 1.23 bits per heavy atom. The third-order valence-electron chi connectivity index (χ3n) is 3.40. The molecule has 22 heavy (non-hydrogen) atoms. The van der Waals surface area contributed by atoms with Gasteiger partial charge in [-0.25, -0.2) is 4.98 Å². The Morgan fingerprint density at radius 2 is 2.05 bits per heavy atom. The van der Waals surface area contributed by atoms with Gasteiger partial charge in [0.25, 0.3) is 5.91 Å². The smallest absolute Gasteiger partial charge is 0.254 e. The van der Waals surface area contributed by atoms with Gasteiger partial charge in [0.2, 0.25) is 0 Å². The first-order chi connectivity index (χ1) is 10.7. The summed E-state index contributed by atoms with van der Waals surface area (Å²) in [6, 6.07) is 11.3. The molecule has 0 atom stereocenters. The molecule has 6 heteroatoms. The summed E-state index contributed by atoms with van der Waals surface area (Å²) in [4.78, 5) is 18.5. The molecule has 0 radical (unpaired) electrons. The molecule has 1 amide bonds. The van der Waals surface area contributed by atoms with Crippen LogP contribution in [0.1, 0.15) is 10.4 Å². The van der Waals surface area contributed by atoms with E-state index in [1.807, 2.05) is 29.2 Å². The molecule has 1 aliphatic heterocycles. The molecule has 5 nitrogen and oxygen atoms in total. The lowest BCUT2D eigenvalue weighted by molar-refractivity contribution is 0.0303. The van der Waals surface area contributed by atoms with Crippen molar-refractivity contribution in [2.45, 2.75) is 0 Å². The highest BCUT2D eigenvalue weighted by molar-refractivity contribution is 9.10. The van der Waals surface area contributed by atoms with Crippen molar-refractivity contribution in [3.8, 4) is 0 Å². The number of pyridine rings is 1. The number of anilines is 2. The molecule has 1 aliphatic rings. The fourth-order valence-corrected chi connectivity index (χ4v) is 2.69. The molecule has 3 rings (SSSR count). The van der Waals surface area contributed by atoms with E-state index in [1.165, 1.54) is 0 Å². The van der Waals surface area contributed by atoms with Gasteiger partial charge in [0.05, 0.1) is 13.2 Å².